The van der Waals surface area contributed by atoms with Crippen LogP contribution in [0.15, 0.2) is 0 Å². The Morgan fingerprint density at radius 2 is 1.87 bits per heavy atom. The van der Waals surface area contributed by atoms with Crippen LogP contribution in [0, 0.1) is 11.8 Å². The highest BCUT2D eigenvalue weighted by atomic mass is 16.5. The molecule has 1 rings (SSSR count). The molecule has 1 aliphatic heterocycles. The Hall–Kier alpha value is -0.0800. The summed E-state index contributed by atoms with van der Waals surface area (Å²) in [5.74, 6) is 1.85. The highest BCUT2D eigenvalue weighted by Crippen LogP contribution is 2.24. The van der Waals surface area contributed by atoms with Crippen molar-refractivity contribution < 1.29 is 4.74 Å². The van der Waals surface area contributed by atoms with Crippen LogP contribution in [0.25, 0.3) is 0 Å². The molecule has 1 heterocycles. The van der Waals surface area contributed by atoms with Gasteiger partial charge in [0, 0.05) is 13.7 Å². The summed E-state index contributed by atoms with van der Waals surface area (Å²) in [5, 5.41) is 0. The molecule has 0 aromatic heterocycles. The Labute approximate surface area is 95.0 Å². The first kappa shape index (κ1) is 13.0. The average molecular weight is 213 g/mol. The molecule has 1 fully saturated rings. The van der Waals surface area contributed by atoms with E-state index in [2.05, 4.69) is 18.7 Å². The number of ether oxygens (including phenoxy) is 1. The zero-order valence-corrected chi connectivity index (χ0v) is 10.7. The lowest BCUT2D eigenvalue weighted by atomic mass is 9.87. The Morgan fingerprint density at radius 3 is 2.40 bits per heavy atom. The van der Waals surface area contributed by atoms with Crippen molar-refractivity contribution in [3.63, 3.8) is 0 Å². The third-order valence-electron chi connectivity index (χ3n) is 3.65. The quantitative estimate of drug-likeness (QED) is 0.629. The van der Waals surface area contributed by atoms with Gasteiger partial charge < -0.3 is 9.64 Å². The lowest BCUT2D eigenvalue weighted by molar-refractivity contribution is 0.146. The number of methoxy groups -OCH3 is 1. The van der Waals surface area contributed by atoms with E-state index in [-0.39, 0.29) is 0 Å². The smallest absolute Gasteiger partial charge is 0.0462 e. The van der Waals surface area contributed by atoms with Crippen molar-refractivity contribution >= 4 is 0 Å². The molecule has 0 aromatic rings. The number of piperidine rings is 1. The first-order chi connectivity index (χ1) is 7.24. The first-order valence-electron chi connectivity index (χ1n) is 6.45. The molecule has 15 heavy (non-hydrogen) atoms. The molecule has 0 amide bonds. The molecule has 0 bridgehead atoms. The maximum absolute atomic E-state index is 5.06. The molecule has 2 heteroatoms. The van der Waals surface area contributed by atoms with Gasteiger partial charge in [0.15, 0.2) is 0 Å². The fraction of sp³-hybridized carbons (Fsp3) is 1.00. The number of rotatable bonds is 6. The van der Waals surface area contributed by atoms with E-state index in [1.54, 1.807) is 7.11 Å². The zero-order valence-electron chi connectivity index (χ0n) is 10.7. The van der Waals surface area contributed by atoms with Crippen LogP contribution < -0.4 is 0 Å². The van der Waals surface area contributed by atoms with Gasteiger partial charge in [-0.3, -0.25) is 0 Å². The van der Waals surface area contributed by atoms with Crippen molar-refractivity contribution in [2.45, 2.75) is 39.5 Å². The van der Waals surface area contributed by atoms with E-state index < -0.39 is 0 Å². The SMILES string of the molecule is COCCCCN1CCC(C(C)C)CC1. The van der Waals surface area contributed by atoms with Gasteiger partial charge >= 0.3 is 0 Å². The molecular weight excluding hydrogens is 186 g/mol. The molecular formula is C13H27NO. The maximum Gasteiger partial charge on any atom is 0.0462 e. The van der Waals surface area contributed by atoms with E-state index in [1.807, 2.05) is 0 Å². The van der Waals surface area contributed by atoms with Crippen LogP contribution in [0.5, 0.6) is 0 Å². The van der Waals surface area contributed by atoms with Gasteiger partial charge in [0.2, 0.25) is 0 Å². The third kappa shape index (κ3) is 4.98. The van der Waals surface area contributed by atoms with E-state index in [0.717, 1.165) is 18.4 Å². The molecule has 0 unspecified atom stereocenters. The summed E-state index contributed by atoms with van der Waals surface area (Å²) in [6.07, 6.45) is 5.31. The van der Waals surface area contributed by atoms with Crippen LogP contribution in [-0.2, 0) is 4.74 Å². The van der Waals surface area contributed by atoms with Crippen LogP contribution >= 0.6 is 0 Å². The third-order valence-corrected chi connectivity index (χ3v) is 3.65. The lowest BCUT2D eigenvalue weighted by Gasteiger charge is -2.33. The standard InChI is InChI=1S/C13H27NO/c1-12(2)13-6-9-14(10-7-13)8-4-5-11-15-3/h12-13H,4-11H2,1-3H3. The van der Waals surface area contributed by atoms with Gasteiger partial charge in [-0.15, -0.1) is 0 Å². The fourth-order valence-corrected chi connectivity index (χ4v) is 2.43. The van der Waals surface area contributed by atoms with E-state index in [1.165, 1.54) is 45.3 Å². The van der Waals surface area contributed by atoms with Gasteiger partial charge in [0.25, 0.3) is 0 Å². The lowest BCUT2D eigenvalue weighted by Crippen LogP contribution is -2.35. The van der Waals surface area contributed by atoms with Gasteiger partial charge in [-0.1, -0.05) is 13.8 Å². The summed E-state index contributed by atoms with van der Waals surface area (Å²) in [6, 6.07) is 0. The molecule has 0 atom stereocenters. The number of hydrogen-bond acceptors (Lipinski definition) is 2. The molecule has 0 aromatic carbocycles. The molecule has 0 aliphatic carbocycles. The first-order valence-corrected chi connectivity index (χ1v) is 6.45. The largest absolute Gasteiger partial charge is 0.385 e. The van der Waals surface area contributed by atoms with Crippen LogP contribution in [0.3, 0.4) is 0 Å². The molecule has 0 radical (unpaired) electrons. The number of hydrogen-bond donors (Lipinski definition) is 0. The van der Waals surface area contributed by atoms with Crippen LogP contribution in [0.4, 0.5) is 0 Å². The van der Waals surface area contributed by atoms with Crippen LogP contribution in [0.2, 0.25) is 0 Å². The Kier molecular flexibility index (Phi) is 6.26. The summed E-state index contributed by atoms with van der Waals surface area (Å²) in [7, 11) is 1.79. The Balaban J connectivity index is 2.04. The van der Waals surface area contributed by atoms with Crippen LogP contribution in [-0.4, -0.2) is 38.3 Å². The predicted octanol–water partition coefficient (Wildman–Crippen LogP) is 2.78. The summed E-state index contributed by atoms with van der Waals surface area (Å²) >= 11 is 0. The molecule has 0 saturated carbocycles. The topological polar surface area (TPSA) is 12.5 Å². The Morgan fingerprint density at radius 1 is 1.20 bits per heavy atom. The minimum Gasteiger partial charge on any atom is -0.385 e. The normalized spacial score (nSPS) is 20.0. The second-order valence-corrected chi connectivity index (χ2v) is 5.12. The van der Waals surface area contributed by atoms with E-state index >= 15 is 0 Å². The van der Waals surface area contributed by atoms with Crippen molar-refractivity contribution in [2.24, 2.45) is 11.8 Å². The summed E-state index contributed by atoms with van der Waals surface area (Å²) in [4.78, 5) is 2.62. The van der Waals surface area contributed by atoms with Crippen molar-refractivity contribution in [2.75, 3.05) is 33.4 Å². The molecule has 0 spiro atoms. The number of unbranched alkanes of at least 4 members (excludes halogenated alkanes) is 1. The summed E-state index contributed by atoms with van der Waals surface area (Å²) in [6.45, 7) is 9.54. The molecule has 90 valence electrons. The number of likely N-dealkylation sites (tertiary alicyclic amines) is 1. The Bertz CT molecular complexity index is 151. The van der Waals surface area contributed by atoms with E-state index in [0.29, 0.717) is 0 Å². The van der Waals surface area contributed by atoms with Crippen molar-refractivity contribution in [1.82, 2.24) is 4.90 Å². The van der Waals surface area contributed by atoms with E-state index in [9.17, 15) is 0 Å². The minimum absolute atomic E-state index is 0.876. The van der Waals surface area contributed by atoms with Gasteiger partial charge in [0.05, 0.1) is 0 Å². The molecule has 1 aliphatic rings. The zero-order chi connectivity index (χ0) is 11.1. The summed E-state index contributed by atoms with van der Waals surface area (Å²) < 4.78 is 5.06. The van der Waals surface area contributed by atoms with Gasteiger partial charge in [-0.05, 0) is 57.2 Å². The number of nitrogens with zero attached hydrogens (tertiary/aromatic N) is 1. The highest BCUT2D eigenvalue weighted by molar-refractivity contribution is 4.74. The molecule has 1 saturated heterocycles. The maximum atomic E-state index is 5.06. The predicted molar refractivity (Wildman–Crippen MR) is 65.1 cm³/mol. The monoisotopic (exact) mass is 213 g/mol. The van der Waals surface area contributed by atoms with Crippen molar-refractivity contribution in [3.8, 4) is 0 Å². The van der Waals surface area contributed by atoms with Gasteiger partial charge in [0.1, 0.15) is 0 Å². The molecule has 0 N–H and O–H groups in total. The van der Waals surface area contributed by atoms with Gasteiger partial charge in [-0.25, -0.2) is 0 Å². The second kappa shape index (κ2) is 7.24. The van der Waals surface area contributed by atoms with Gasteiger partial charge in [-0.2, -0.15) is 0 Å². The van der Waals surface area contributed by atoms with Crippen LogP contribution in [0.1, 0.15) is 39.5 Å². The molecule has 2 nitrogen and oxygen atoms in total. The van der Waals surface area contributed by atoms with Crippen molar-refractivity contribution in [1.29, 1.82) is 0 Å². The fourth-order valence-electron chi connectivity index (χ4n) is 2.43. The average Bonchev–Trinajstić information content (AvgIpc) is 2.25. The van der Waals surface area contributed by atoms with Crippen molar-refractivity contribution in [3.05, 3.63) is 0 Å². The summed E-state index contributed by atoms with van der Waals surface area (Å²) in [5.41, 5.74) is 0. The second-order valence-electron chi connectivity index (χ2n) is 5.12. The van der Waals surface area contributed by atoms with E-state index in [4.69, 9.17) is 4.74 Å². The minimum atomic E-state index is 0.876. The highest BCUT2D eigenvalue weighted by Gasteiger charge is 2.20.